The van der Waals surface area contributed by atoms with E-state index in [4.69, 9.17) is 23.6 Å². The van der Waals surface area contributed by atoms with Gasteiger partial charge in [-0.25, -0.2) is 4.63 Å². The zero-order valence-corrected chi connectivity index (χ0v) is 17.9. The van der Waals surface area contributed by atoms with Gasteiger partial charge >= 0.3 is 0 Å². The van der Waals surface area contributed by atoms with Crippen molar-refractivity contribution in [2.24, 2.45) is 0 Å². The molecule has 0 saturated heterocycles. The summed E-state index contributed by atoms with van der Waals surface area (Å²) in [4.78, 5) is 12.6. The third kappa shape index (κ3) is 5.69. The second-order valence-corrected chi connectivity index (χ2v) is 7.87. The minimum Gasteiger partial charge on any atom is -0.485 e. The number of amides is 1. The highest BCUT2D eigenvalue weighted by Gasteiger charge is 2.44. The molecule has 172 valence electrons. The van der Waals surface area contributed by atoms with E-state index in [2.05, 4.69) is 15.6 Å². The first kappa shape index (κ1) is 23.4. The lowest BCUT2D eigenvalue weighted by Gasteiger charge is -2.42. The summed E-state index contributed by atoms with van der Waals surface area (Å²) in [5.74, 6) is 0.196. The molecule has 1 aromatic heterocycles. The topological polar surface area (TPSA) is 145 Å². The van der Waals surface area contributed by atoms with Crippen molar-refractivity contribution in [3.63, 3.8) is 0 Å². The molecule has 2 unspecified atom stereocenters. The standard InChI is InChI=1S/C20H29N3O8/c1-20(2)19(26)18(13-8-14-15(23-31-22-14)9-16(13)30-20)21-17(25)5-4-12(10-24)29-11-28-7-6-27-3/h8-9,12,18-19,24,26H,4-7,10-11H2,1-3H3,(H,21,25)/t12-,18?,19?/m0/s1. The van der Waals surface area contributed by atoms with Crippen molar-refractivity contribution in [2.75, 3.05) is 33.7 Å². The molecule has 3 rings (SSSR count). The monoisotopic (exact) mass is 439 g/mol. The zero-order valence-electron chi connectivity index (χ0n) is 17.9. The Morgan fingerprint density at radius 2 is 2.03 bits per heavy atom. The molecule has 2 aromatic rings. The lowest BCUT2D eigenvalue weighted by Crippen LogP contribution is -2.53. The molecular weight excluding hydrogens is 410 g/mol. The molecular formula is C20H29N3O8. The van der Waals surface area contributed by atoms with Gasteiger partial charge in [-0.2, -0.15) is 0 Å². The summed E-state index contributed by atoms with van der Waals surface area (Å²) < 4.78 is 26.2. The minimum absolute atomic E-state index is 0.00180. The maximum Gasteiger partial charge on any atom is 0.220 e. The molecule has 1 aliphatic rings. The van der Waals surface area contributed by atoms with Gasteiger partial charge in [-0.15, -0.1) is 0 Å². The predicted molar refractivity (Wildman–Crippen MR) is 107 cm³/mol. The van der Waals surface area contributed by atoms with Crippen LogP contribution in [0.4, 0.5) is 0 Å². The van der Waals surface area contributed by atoms with Crippen LogP contribution in [0, 0.1) is 0 Å². The van der Waals surface area contributed by atoms with Crippen molar-refractivity contribution in [3.05, 3.63) is 17.7 Å². The molecule has 0 saturated carbocycles. The Balaban J connectivity index is 1.62. The third-order valence-electron chi connectivity index (χ3n) is 5.15. The Kier molecular flexibility index (Phi) is 7.79. The van der Waals surface area contributed by atoms with E-state index in [9.17, 15) is 15.0 Å². The first-order valence-corrected chi connectivity index (χ1v) is 10.1. The largest absolute Gasteiger partial charge is 0.485 e. The summed E-state index contributed by atoms with van der Waals surface area (Å²) in [7, 11) is 1.57. The number of benzene rings is 1. The maximum atomic E-state index is 12.6. The Morgan fingerprint density at radius 3 is 2.74 bits per heavy atom. The number of hydrogen-bond acceptors (Lipinski definition) is 10. The molecule has 11 heteroatoms. The number of nitrogens with zero attached hydrogens (tertiary/aromatic N) is 2. The highest BCUT2D eigenvalue weighted by atomic mass is 16.7. The summed E-state index contributed by atoms with van der Waals surface area (Å²) >= 11 is 0. The van der Waals surface area contributed by atoms with Crippen LogP contribution in [0.15, 0.2) is 16.8 Å². The van der Waals surface area contributed by atoms with E-state index in [1.807, 2.05) is 0 Å². The summed E-state index contributed by atoms with van der Waals surface area (Å²) in [6.45, 7) is 4.05. The Labute approximate surface area is 179 Å². The minimum atomic E-state index is -1.000. The fourth-order valence-corrected chi connectivity index (χ4v) is 3.34. The van der Waals surface area contributed by atoms with Gasteiger partial charge in [-0.3, -0.25) is 4.79 Å². The third-order valence-corrected chi connectivity index (χ3v) is 5.15. The van der Waals surface area contributed by atoms with Crippen molar-refractivity contribution in [1.29, 1.82) is 0 Å². The van der Waals surface area contributed by atoms with Crippen molar-refractivity contribution >= 4 is 16.9 Å². The van der Waals surface area contributed by atoms with Gasteiger partial charge in [0.05, 0.1) is 32.0 Å². The van der Waals surface area contributed by atoms with Crippen LogP contribution in [0.1, 0.15) is 38.3 Å². The van der Waals surface area contributed by atoms with E-state index < -0.39 is 23.9 Å². The lowest BCUT2D eigenvalue weighted by molar-refractivity contribution is -0.129. The highest BCUT2D eigenvalue weighted by Crippen LogP contribution is 2.41. The Hall–Kier alpha value is -2.31. The fraction of sp³-hybridized carbons (Fsp3) is 0.650. The van der Waals surface area contributed by atoms with Gasteiger partial charge in [-0.05, 0) is 36.6 Å². The van der Waals surface area contributed by atoms with Crippen LogP contribution in [0.25, 0.3) is 11.0 Å². The number of nitrogens with one attached hydrogen (secondary N) is 1. The van der Waals surface area contributed by atoms with Crippen LogP contribution in [0.2, 0.25) is 0 Å². The molecule has 1 aliphatic heterocycles. The smallest absolute Gasteiger partial charge is 0.220 e. The number of aliphatic hydroxyl groups is 2. The SMILES string of the molecule is COCCOCO[C@H](CO)CCC(=O)NC1c2cc3nonc3cc2OC(C)(C)C1O. The van der Waals surface area contributed by atoms with Crippen LogP contribution in [-0.4, -0.2) is 78.0 Å². The van der Waals surface area contributed by atoms with Crippen LogP contribution in [-0.2, 0) is 19.0 Å². The highest BCUT2D eigenvalue weighted by molar-refractivity contribution is 5.79. The zero-order chi connectivity index (χ0) is 22.4. The van der Waals surface area contributed by atoms with Crippen molar-refractivity contribution < 1.29 is 38.6 Å². The van der Waals surface area contributed by atoms with Crippen molar-refractivity contribution in [2.45, 2.75) is 50.5 Å². The van der Waals surface area contributed by atoms with Crippen molar-refractivity contribution in [3.8, 4) is 5.75 Å². The molecule has 0 radical (unpaired) electrons. The molecule has 1 amide bonds. The summed E-state index contributed by atoms with van der Waals surface area (Å²) in [6.07, 6.45) is -1.16. The van der Waals surface area contributed by atoms with Crippen LogP contribution < -0.4 is 10.1 Å². The van der Waals surface area contributed by atoms with Gasteiger partial charge in [-0.1, -0.05) is 0 Å². The molecule has 31 heavy (non-hydrogen) atoms. The van der Waals surface area contributed by atoms with Gasteiger partial charge in [0, 0.05) is 25.2 Å². The molecule has 3 atom stereocenters. The number of methoxy groups -OCH3 is 1. The van der Waals surface area contributed by atoms with Crippen LogP contribution in [0.5, 0.6) is 5.75 Å². The number of fused-ring (bicyclic) bond motifs is 2. The van der Waals surface area contributed by atoms with E-state index in [1.54, 1.807) is 33.1 Å². The first-order chi connectivity index (χ1) is 14.9. The average Bonchev–Trinajstić information content (AvgIpc) is 3.19. The number of carbonyl (C=O) groups is 1. The molecule has 0 bridgehead atoms. The van der Waals surface area contributed by atoms with Gasteiger partial charge in [0.25, 0.3) is 0 Å². The van der Waals surface area contributed by atoms with E-state index in [0.717, 1.165) is 0 Å². The molecule has 1 aromatic carbocycles. The number of ether oxygens (including phenoxy) is 4. The second kappa shape index (κ2) is 10.3. The molecule has 2 heterocycles. The summed E-state index contributed by atoms with van der Waals surface area (Å²) in [6, 6.07) is 2.65. The quantitative estimate of drug-likeness (QED) is 0.338. The second-order valence-electron chi connectivity index (χ2n) is 7.87. The van der Waals surface area contributed by atoms with E-state index in [-0.39, 0.29) is 32.1 Å². The van der Waals surface area contributed by atoms with Crippen LogP contribution >= 0.6 is 0 Å². The van der Waals surface area contributed by atoms with Gasteiger partial charge in [0.2, 0.25) is 5.91 Å². The van der Waals surface area contributed by atoms with Crippen LogP contribution in [0.3, 0.4) is 0 Å². The number of carbonyl (C=O) groups excluding carboxylic acids is 1. The van der Waals surface area contributed by atoms with Gasteiger partial charge < -0.3 is 34.5 Å². The maximum absolute atomic E-state index is 12.6. The summed E-state index contributed by atoms with van der Waals surface area (Å²) in [5.41, 5.74) is 0.666. The Bertz CT molecular complexity index is 871. The first-order valence-electron chi connectivity index (χ1n) is 10.1. The summed E-state index contributed by atoms with van der Waals surface area (Å²) in [5, 5.41) is 30.8. The average molecular weight is 439 g/mol. The fourth-order valence-electron chi connectivity index (χ4n) is 3.34. The number of aliphatic hydroxyl groups excluding tert-OH is 2. The van der Waals surface area contributed by atoms with Gasteiger partial charge in [0.15, 0.2) is 0 Å². The predicted octanol–water partition coefficient (Wildman–Crippen LogP) is 0.690. The molecule has 3 N–H and O–H groups in total. The molecule has 0 aliphatic carbocycles. The van der Waals surface area contributed by atoms with E-state index in [0.29, 0.717) is 35.6 Å². The van der Waals surface area contributed by atoms with E-state index >= 15 is 0 Å². The number of rotatable bonds is 11. The number of hydrogen-bond donors (Lipinski definition) is 3. The van der Waals surface area contributed by atoms with Gasteiger partial charge in [0.1, 0.15) is 35.3 Å². The van der Waals surface area contributed by atoms with Crippen molar-refractivity contribution in [1.82, 2.24) is 15.6 Å². The number of aromatic nitrogens is 2. The normalized spacial score (nSPS) is 20.8. The van der Waals surface area contributed by atoms with E-state index in [1.165, 1.54) is 0 Å². The lowest BCUT2D eigenvalue weighted by atomic mass is 9.86. The molecule has 11 nitrogen and oxygen atoms in total. The molecule has 0 fully saturated rings. The Morgan fingerprint density at radius 1 is 1.29 bits per heavy atom. The molecule has 0 spiro atoms.